The highest BCUT2D eigenvalue weighted by Gasteiger charge is 2.61. The number of non-ortho nitro benzene ring substituents is 1. The van der Waals surface area contributed by atoms with Gasteiger partial charge < -0.3 is 5.32 Å². The van der Waals surface area contributed by atoms with Crippen LogP contribution in [0.25, 0.3) is 0 Å². The lowest BCUT2D eigenvalue weighted by Gasteiger charge is -2.40. The maximum atomic E-state index is 11.0. The Kier molecular flexibility index (Phi) is 3.05. The van der Waals surface area contributed by atoms with Crippen LogP contribution in [0, 0.1) is 33.8 Å². The third kappa shape index (κ3) is 1.95. The summed E-state index contributed by atoms with van der Waals surface area (Å²) in [5, 5.41) is 14.6. The average Bonchev–Trinajstić information content (AvgIpc) is 2.74. The number of benzene rings is 1. The molecule has 1 N–H and O–H groups in total. The SMILES string of the molecule is Cc1ccc([N+](=O)[O-])cc1NC1CC2CCC1(C)C2(C)C. The Morgan fingerprint density at radius 1 is 1.33 bits per heavy atom. The third-order valence-electron chi connectivity index (χ3n) is 6.56. The van der Waals surface area contributed by atoms with E-state index >= 15 is 0 Å². The van der Waals surface area contributed by atoms with E-state index in [9.17, 15) is 10.1 Å². The molecule has 2 fully saturated rings. The Hall–Kier alpha value is -1.58. The van der Waals surface area contributed by atoms with Crippen LogP contribution in [-0.4, -0.2) is 11.0 Å². The van der Waals surface area contributed by atoms with Gasteiger partial charge in [-0.2, -0.15) is 0 Å². The highest BCUT2D eigenvalue weighted by molar-refractivity contribution is 5.58. The lowest BCUT2D eigenvalue weighted by Crippen LogP contribution is -2.40. The summed E-state index contributed by atoms with van der Waals surface area (Å²) >= 11 is 0. The molecule has 1 aromatic carbocycles. The van der Waals surface area contributed by atoms with Gasteiger partial charge in [-0.15, -0.1) is 0 Å². The summed E-state index contributed by atoms with van der Waals surface area (Å²) < 4.78 is 0. The highest BCUT2D eigenvalue weighted by atomic mass is 16.6. The molecule has 1 aromatic rings. The molecule has 0 amide bonds. The van der Waals surface area contributed by atoms with Crippen LogP contribution >= 0.6 is 0 Å². The van der Waals surface area contributed by atoms with E-state index in [1.807, 2.05) is 13.0 Å². The number of fused-ring (bicyclic) bond motifs is 2. The second-order valence-corrected chi connectivity index (χ2v) is 7.56. The monoisotopic (exact) mass is 288 g/mol. The van der Waals surface area contributed by atoms with Gasteiger partial charge in [-0.1, -0.05) is 26.8 Å². The number of nitrogens with zero attached hydrogens (tertiary/aromatic N) is 1. The molecule has 0 aromatic heterocycles. The van der Waals surface area contributed by atoms with E-state index in [0.717, 1.165) is 17.2 Å². The predicted molar refractivity (Wildman–Crippen MR) is 84.5 cm³/mol. The quantitative estimate of drug-likeness (QED) is 0.656. The summed E-state index contributed by atoms with van der Waals surface area (Å²) in [6, 6.07) is 5.50. The Bertz CT molecular complexity index is 596. The van der Waals surface area contributed by atoms with Gasteiger partial charge >= 0.3 is 0 Å². The van der Waals surface area contributed by atoms with Crippen LogP contribution in [0.4, 0.5) is 11.4 Å². The first-order valence-electron chi connectivity index (χ1n) is 7.77. The van der Waals surface area contributed by atoms with Crippen molar-refractivity contribution in [1.82, 2.24) is 0 Å². The van der Waals surface area contributed by atoms with Crippen molar-refractivity contribution in [2.75, 3.05) is 5.32 Å². The normalized spacial score (nSPS) is 33.1. The van der Waals surface area contributed by atoms with Crippen molar-refractivity contribution in [1.29, 1.82) is 0 Å². The molecule has 2 saturated carbocycles. The van der Waals surface area contributed by atoms with Crippen LogP contribution in [-0.2, 0) is 0 Å². The average molecular weight is 288 g/mol. The lowest BCUT2D eigenvalue weighted by molar-refractivity contribution is -0.384. The van der Waals surface area contributed by atoms with Crippen molar-refractivity contribution in [3.63, 3.8) is 0 Å². The first-order chi connectivity index (χ1) is 9.75. The molecule has 0 radical (unpaired) electrons. The second kappa shape index (κ2) is 4.46. The van der Waals surface area contributed by atoms with E-state index in [0.29, 0.717) is 11.5 Å². The highest BCUT2D eigenvalue weighted by Crippen LogP contribution is 2.65. The molecule has 0 spiro atoms. The maximum absolute atomic E-state index is 11.0. The van der Waals surface area contributed by atoms with Crippen LogP contribution in [0.15, 0.2) is 18.2 Å². The van der Waals surface area contributed by atoms with Crippen LogP contribution < -0.4 is 5.32 Å². The van der Waals surface area contributed by atoms with E-state index in [1.165, 1.54) is 19.3 Å². The van der Waals surface area contributed by atoms with Crippen LogP contribution in [0.1, 0.15) is 45.6 Å². The zero-order chi connectivity index (χ0) is 15.4. The first-order valence-corrected chi connectivity index (χ1v) is 7.77. The molecule has 0 heterocycles. The van der Waals surface area contributed by atoms with E-state index in [4.69, 9.17) is 0 Å². The maximum Gasteiger partial charge on any atom is 0.271 e. The molecule has 3 unspecified atom stereocenters. The van der Waals surface area contributed by atoms with Gasteiger partial charge in [0.15, 0.2) is 0 Å². The summed E-state index contributed by atoms with van der Waals surface area (Å²) in [4.78, 5) is 10.7. The van der Waals surface area contributed by atoms with Crippen molar-refractivity contribution in [2.45, 2.75) is 53.0 Å². The fraction of sp³-hybridized carbons (Fsp3) is 0.647. The molecular formula is C17H24N2O2. The summed E-state index contributed by atoms with van der Waals surface area (Å²) in [5.74, 6) is 0.763. The van der Waals surface area contributed by atoms with Gasteiger partial charge in [-0.25, -0.2) is 0 Å². The van der Waals surface area contributed by atoms with Gasteiger partial charge in [0, 0.05) is 23.9 Å². The van der Waals surface area contributed by atoms with Gasteiger partial charge in [0.1, 0.15) is 0 Å². The molecule has 114 valence electrons. The number of rotatable bonds is 3. The molecule has 3 atom stereocenters. The number of nitro groups is 1. The minimum atomic E-state index is -0.322. The van der Waals surface area contributed by atoms with Crippen LogP contribution in [0.3, 0.4) is 0 Å². The Balaban J connectivity index is 1.89. The molecule has 2 aliphatic carbocycles. The van der Waals surface area contributed by atoms with E-state index in [1.54, 1.807) is 12.1 Å². The van der Waals surface area contributed by atoms with Crippen molar-refractivity contribution in [2.24, 2.45) is 16.7 Å². The summed E-state index contributed by atoms with van der Waals surface area (Å²) in [6.07, 6.45) is 3.73. The molecule has 3 rings (SSSR count). The molecular weight excluding hydrogens is 264 g/mol. The number of aryl methyl sites for hydroxylation is 1. The van der Waals surface area contributed by atoms with Gasteiger partial charge in [0.2, 0.25) is 0 Å². The third-order valence-corrected chi connectivity index (χ3v) is 6.56. The number of hydrogen-bond donors (Lipinski definition) is 1. The summed E-state index contributed by atoms with van der Waals surface area (Å²) in [5.41, 5.74) is 2.77. The molecule has 4 heteroatoms. The van der Waals surface area contributed by atoms with Crippen molar-refractivity contribution in [3.05, 3.63) is 33.9 Å². The largest absolute Gasteiger partial charge is 0.381 e. The number of hydrogen-bond acceptors (Lipinski definition) is 3. The number of nitrogens with one attached hydrogen (secondary N) is 1. The zero-order valence-corrected chi connectivity index (χ0v) is 13.3. The van der Waals surface area contributed by atoms with Gasteiger partial charge in [0.05, 0.1) is 4.92 Å². The molecule has 2 aliphatic rings. The number of nitro benzene ring substituents is 1. The van der Waals surface area contributed by atoms with Crippen molar-refractivity contribution < 1.29 is 4.92 Å². The Labute approximate surface area is 126 Å². The van der Waals surface area contributed by atoms with Crippen LogP contribution in [0.2, 0.25) is 0 Å². The molecule has 4 nitrogen and oxygen atoms in total. The van der Waals surface area contributed by atoms with E-state index < -0.39 is 0 Å². The topological polar surface area (TPSA) is 55.2 Å². The van der Waals surface area contributed by atoms with E-state index in [2.05, 4.69) is 26.1 Å². The minimum absolute atomic E-state index is 0.163. The zero-order valence-electron chi connectivity index (χ0n) is 13.3. The standard InChI is InChI=1S/C17H24N2O2/c1-11-5-6-13(19(20)21)10-14(11)18-15-9-12-7-8-17(15,4)16(12,2)3/h5-6,10,12,15,18H,7-9H2,1-4H3. The van der Waals surface area contributed by atoms with Crippen molar-refractivity contribution >= 4 is 11.4 Å². The fourth-order valence-corrected chi connectivity index (χ4v) is 4.49. The first kappa shape index (κ1) is 14.4. The summed E-state index contributed by atoms with van der Waals surface area (Å²) in [6.45, 7) is 9.15. The molecule has 2 bridgehead atoms. The molecule has 0 saturated heterocycles. The van der Waals surface area contributed by atoms with Gasteiger partial charge in [-0.05, 0) is 48.5 Å². The second-order valence-electron chi connectivity index (χ2n) is 7.56. The predicted octanol–water partition coefficient (Wildman–Crippen LogP) is 4.53. The number of anilines is 1. The van der Waals surface area contributed by atoms with Gasteiger partial charge in [0.25, 0.3) is 5.69 Å². The molecule has 0 aliphatic heterocycles. The lowest BCUT2D eigenvalue weighted by atomic mass is 9.69. The Morgan fingerprint density at radius 2 is 2.05 bits per heavy atom. The Morgan fingerprint density at radius 3 is 2.57 bits per heavy atom. The van der Waals surface area contributed by atoms with Crippen molar-refractivity contribution in [3.8, 4) is 0 Å². The minimum Gasteiger partial charge on any atom is -0.381 e. The smallest absolute Gasteiger partial charge is 0.271 e. The van der Waals surface area contributed by atoms with Crippen LogP contribution in [0.5, 0.6) is 0 Å². The van der Waals surface area contributed by atoms with E-state index in [-0.39, 0.29) is 16.0 Å². The fourth-order valence-electron chi connectivity index (χ4n) is 4.49. The van der Waals surface area contributed by atoms with Gasteiger partial charge in [-0.3, -0.25) is 10.1 Å². The molecule has 21 heavy (non-hydrogen) atoms. The summed E-state index contributed by atoms with van der Waals surface area (Å²) in [7, 11) is 0.